The normalized spacial score (nSPS) is 26.8. The van der Waals surface area contributed by atoms with E-state index in [0.717, 1.165) is 12.1 Å². The molecule has 0 bridgehead atoms. The average Bonchev–Trinajstić information content (AvgIpc) is 2.23. The second-order valence-electron chi connectivity index (χ2n) is 7.25. The average molecular weight is 253 g/mol. The monoisotopic (exact) mass is 253 g/mol. The fourth-order valence-corrected chi connectivity index (χ4v) is 3.28. The van der Waals surface area contributed by atoms with Crippen molar-refractivity contribution in [2.24, 2.45) is 5.41 Å². The van der Waals surface area contributed by atoms with E-state index in [1.165, 1.54) is 45.6 Å². The molecule has 0 amide bonds. The predicted octanol–water partition coefficient (Wildman–Crippen LogP) is 1.74. The van der Waals surface area contributed by atoms with Crippen LogP contribution in [0.1, 0.15) is 33.6 Å². The van der Waals surface area contributed by atoms with E-state index in [1.807, 2.05) is 0 Å². The lowest BCUT2D eigenvalue weighted by atomic mass is 9.79. The van der Waals surface area contributed by atoms with Gasteiger partial charge in [0.2, 0.25) is 0 Å². The van der Waals surface area contributed by atoms with Crippen LogP contribution >= 0.6 is 0 Å². The maximum atomic E-state index is 2.65. The molecule has 2 heterocycles. The third kappa shape index (κ3) is 3.25. The van der Waals surface area contributed by atoms with Gasteiger partial charge in [-0.05, 0) is 59.3 Å². The van der Waals surface area contributed by atoms with Gasteiger partial charge in [-0.25, -0.2) is 0 Å². The zero-order chi connectivity index (χ0) is 13.3. The SMILES string of the molecule is CC(C)N1CCC(C)(CN2CC(N(C)C)C2)CC1. The van der Waals surface area contributed by atoms with Crippen molar-refractivity contribution in [2.75, 3.05) is 46.8 Å². The van der Waals surface area contributed by atoms with Crippen LogP contribution < -0.4 is 0 Å². The van der Waals surface area contributed by atoms with Crippen molar-refractivity contribution in [3.63, 3.8) is 0 Å². The summed E-state index contributed by atoms with van der Waals surface area (Å²) in [5.74, 6) is 0. The number of likely N-dealkylation sites (N-methyl/N-ethyl adjacent to an activating group) is 1. The lowest BCUT2D eigenvalue weighted by Gasteiger charge is -2.49. The fraction of sp³-hybridized carbons (Fsp3) is 1.00. The quantitative estimate of drug-likeness (QED) is 0.756. The van der Waals surface area contributed by atoms with Crippen LogP contribution in [0.15, 0.2) is 0 Å². The van der Waals surface area contributed by atoms with Gasteiger partial charge in [-0.3, -0.25) is 4.90 Å². The molecule has 0 atom stereocenters. The fourth-order valence-electron chi connectivity index (χ4n) is 3.28. The van der Waals surface area contributed by atoms with Gasteiger partial charge in [0.25, 0.3) is 0 Å². The molecule has 2 rings (SSSR count). The molecule has 18 heavy (non-hydrogen) atoms. The molecule has 0 aromatic heterocycles. The minimum absolute atomic E-state index is 0.558. The first-order valence-corrected chi connectivity index (χ1v) is 7.52. The Morgan fingerprint density at radius 1 is 1.17 bits per heavy atom. The highest BCUT2D eigenvalue weighted by atomic mass is 15.3. The summed E-state index contributed by atoms with van der Waals surface area (Å²) < 4.78 is 0. The van der Waals surface area contributed by atoms with E-state index >= 15 is 0 Å². The smallest absolute Gasteiger partial charge is 0.0344 e. The van der Waals surface area contributed by atoms with Crippen molar-refractivity contribution in [3.05, 3.63) is 0 Å². The summed E-state index contributed by atoms with van der Waals surface area (Å²) in [6.07, 6.45) is 2.74. The van der Waals surface area contributed by atoms with Crippen LogP contribution in [0.5, 0.6) is 0 Å². The topological polar surface area (TPSA) is 9.72 Å². The maximum absolute atomic E-state index is 2.65. The molecule has 0 spiro atoms. The summed E-state index contributed by atoms with van der Waals surface area (Å²) in [5, 5.41) is 0. The van der Waals surface area contributed by atoms with E-state index in [9.17, 15) is 0 Å². The molecule has 2 fully saturated rings. The van der Waals surface area contributed by atoms with Crippen LogP contribution in [-0.4, -0.2) is 73.6 Å². The van der Waals surface area contributed by atoms with E-state index in [2.05, 4.69) is 49.6 Å². The van der Waals surface area contributed by atoms with Crippen LogP contribution in [0.2, 0.25) is 0 Å². The molecule has 106 valence electrons. The number of rotatable bonds is 4. The second-order valence-corrected chi connectivity index (χ2v) is 7.25. The molecule has 2 aliphatic rings. The van der Waals surface area contributed by atoms with E-state index in [0.29, 0.717) is 5.41 Å². The summed E-state index contributed by atoms with van der Waals surface area (Å²) in [6, 6.07) is 1.51. The number of hydrogen-bond donors (Lipinski definition) is 0. The van der Waals surface area contributed by atoms with E-state index in [-0.39, 0.29) is 0 Å². The van der Waals surface area contributed by atoms with Gasteiger partial charge in [-0.2, -0.15) is 0 Å². The lowest BCUT2D eigenvalue weighted by molar-refractivity contribution is 0.00213. The molecule has 0 saturated carbocycles. The number of piperidine rings is 1. The Morgan fingerprint density at radius 3 is 2.17 bits per heavy atom. The molecule has 3 nitrogen and oxygen atoms in total. The molecule has 3 heteroatoms. The molecule has 2 aliphatic heterocycles. The number of likely N-dealkylation sites (tertiary alicyclic amines) is 2. The van der Waals surface area contributed by atoms with E-state index in [4.69, 9.17) is 0 Å². The first-order chi connectivity index (χ1) is 8.39. The Balaban J connectivity index is 1.74. The molecule has 2 saturated heterocycles. The molecule has 0 aromatic carbocycles. The molecule has 0 aliphatic carbocycles. The predicted molar refractivity (Wildman–Crippen MR) is 78.0 cm³/mol. The Hall–Kier alpha value is -0.120. The van der Waals surface area contributed by atoms with Crippen molar-refractivity contribution >= 4 is 0 Å². The first-order valence-electron chi connectivity index (χ1n) is 7.52. The third-order valence-electron chi connectivity index (χ3n) is 5.01. The third-order valence-corrected chi connectivity index (χ3v) is 5.01. The highest BCUT2D eigenvalue weighted by molar-refractivity contribution is 4.92. The van der Waals surface area contributed by atoms with Crippen LogP contribution in [0, 0.1) is 5.41 Å². The lowest BCUT2D eigenvalue weighted by Crippen LogP contribution is -2.60. The van der Waals surface area contributed by atoms with Gasteiger partial charge in [0.1, 0.15) is 0 Å². The summed E-state index contributed by atoms with van der Waals surface area (Å²) in [7, 11) is 4.40. The molecular formula is C15H31N3. The minimum Gasteiger partial charge on any atom is -0.304 e. The zero-order valence-electron chi connectivity index (χ0n) is 12.9. The van der Waals surface area contributed by atoms with Gasteiger partial charge in [-0.1, -0.05) is 6.92 Å². The van der Waals surface area contributed by atoms with Crippen LogP contribution in [0.4, 0.5) is 0 Å². The zero-order valence-corrected chi connectivity index (χ0v) is 12.9. The highest BCUT2D eigenvalue weighted by Gasteiger charge is 2.36. The number of hydrogen-bond acceptors (Lipinski definition) is 3. The van der Waals surface area contributed by atoms with Crippen molar-refractivity contribution in [2.45, 2.75) is 45.7 Å². The molecule has 0 radical (unpaired) electrons. The van der Waals surface area contributed by atoms with Crippen LogP contribution in [0.25, 0.3) is 0 Å². The van der Waals surface area contributed by atoms with Crippen molar-refractivity contribution in [3.8, 4) is 0 Å². The summed E-state index contributed by atoms with van der Waals surface area (Å²) in [6.45, 7) is 13.6. The summed E-state index contributed by atoms with van der Waals surface area (Å²) >= 11 is 0. The van der Waals surface area contributed by atoms with Crippen LogP contribution in [0.3, 0.4) is 0 Å². The van der Waals surface area contributed by atoms with E-state index in [1.54, 1.807) is 0 Å². The van der Waals surface area contributed by atoms with Gasteiger partial charge < -0.3 is 9.80 Å². The van der Waals surface area contributed by atoms with Crippen LogP contribution in [-0.2, 0) is 0 Å². The largest absolute Gasteiger partial charge is 0.304 e. The molecule has 0 N–H and O–H groups in total. The first kappa shape index (κ1) is 14.3. The molecule has 0 aromatic rings. The molecular weight excluding hydrogens is 222 g/mol. The number of nitrogens with zero attached hydrogens (tertiary/aromatic N) is 3. The molecule has 0 unspecified atom stereocenters. The Morgan fingerprint density at radius 2 is 1.72 bits per heavy atom. The van der Waals surface area contributed by atoms with Gasteiger partial charge in [0, 0.05) is 31.7 Å². The summed E-state index contributed by atoms with van der Waals surface area (Å²) in [5.41, 5.74) is 0.558. The van der Waals surface area contributed by atoms with Crippen molar-refractivity contribution in [1.82, 2.24) is 14.7 Å². The Bertz CT molecular complexity index is 261. The van der Waals surface area contributed by atoms with E-state index < -0.39 is 0 Å². The summed E-state index contributed by atoms with van der Waals surface area (Å²) in [4.78, 5) is 7.64. The minimum atomic E-state index is 0.558. The standard InChI is InChI=1S/C15H31N3/c1-13(2)18-8-6-15(3,7-9-18)12-17-10-14(11-17)16(4)5/h13-14H,6-12H2,1-5H3. The Kier molecular flexibility index (Phi) is 4.35. The van der Waals surface area contributed by atoms with Gasteiger partial charge in [0.05, 0.1) is 0 Å². The highest BCUT2D eigenvalue weighted by Crippen LogP contribution is 2.33. The Labute approximate surface area is 113 Å². The maximum Gasteiger partial charge on any atom is 0.0344 e. The van der Waals surface area contributed by atoms with Crippen molar-refractivity contribution < 1.29 is 0 Å². The van der Waals surface area contributed by atoms with Crippen molar-refractivity contribution in [1.29, 1.82) is 0 Å². The van der Waals surface area contributed by atoms with Gasteiger partial charge in [-0.15, -0.1) is 0 Å². The second kappa shape index (κ2) is 5.48. The van der Waals surface area contributed by atoms with Gasteiger partial charge in [0.15, 0.2) is 0 Å². The van der Waals surface area contributed by atoms with Gasteiger partial charge >= 0.3 is 0 Å².